The van der Waals surface area contributed by atoms with Crippen LogP contribution in [-0.4, -0.2) is 42.0 Å². The van der Waals surface area contributed by atoms with Crippen LogP contribution in [0.4, 0.5) is 0 Å². The van der Waals surface area contributed by atoms with Gasteiger partial charge in [-0.1, -0.05) is 5.11 Å². The molecular formula is C8H13N3O4. The molecule has 2 rings (SSSR count). The molecule has 0 aliphatic carbocycles. The van der Waals surface area contributed by atoms with Crippen LogP contribution in [0.15, 0.2) is 5.11 Å². The second kappa shape index (κ2) is 3.62. The van der Waals surface area contributed by atoms with Crippen molar-refractivity contribution in [3.8, 4) is 0 Å². The number of rotatable bonds is 2. The van der Waals surface area contributed by atoms with Gasteiger partial charge in [-0.3, -0.25) is 0 Å². The third-order valence-corrected chi connectivity index (χ3v) is 2.44. The van der Waals surface area contributed by atoms with Gasteiger partial charge >= 0.3 is 0 Å². The molecule has 0 radical (unpaired) electrons. The summed E-state index contributed by atoms with van der Waals surface area (Å²) in [4.78, 5) is 2.61. The van der Waals surface area contributed by atoms with E-state index in [9.17, 15) is 5.11 Å². The summed E-state index contributed by atoms with van der Waals surface area (Å²) >= 11 is 0. The lowest BCUT2D eigenvalue weighted by atomic mass is 10.1. The summed E-state index contributed by atoms with van der Waals surface area (Å²) in [6.45, 7) is 3.59. The fourth-order valence-corrected chi connectivity index (χ4v) is 1.83. The Kier molecular flexibility index (Phi) is 2.57. The number of fused-ring (bicyclic) bond motifs is 1. The zero-order chi connectivity index (χ0) is 11.1. The monoisotopic (exact) mass is 215 g/mol. The normalized spacial score (nSPS) is 42.3. The molecule has 0 aromatic carbocycles. The van der Waals surface area contributed by atoms with E-state index in [-0.39, 0.29) is 6.54 Å². The molecule has 7 nitrogen and oxygen atoms in total. The zero-order valence-electron chi connectivity index (χ0n) is 8.53. The summed E-state index contributed by atoms with van der Waals surface area (Å²) in [5.41, 5.74) is 8.16. The molecule has 0 saturated carbocycles. The maximum Gasteiger partial charge on any atom is 0.190 e. The van der Waals surface area contributed by atoms with E-state index in [0.29, 0.717) is 0 Å². The van der Waals surface area contributed by atoms with E-state index in [4.69, 9.17) is 19.7 Å². The Morgan fingerprint density at radius 1 is 1.47 bits per heavy atom. The standard InChI is InChI=1S/C8H13N3O4/c1-8(2)14-6-5(12)4(3-10-11-9)13-7(6)15-8/h4-7,12H,3H2,1-2H3/t4-,5-,6-,7-/m1/s1. The van der Waals surface area contributed by atoms with Gasteiger partial charge in [-0.2, -0.15) is 0 Å². The summed E-state index contributed by atoms with van der Waals surface area (Å²) in [6.07, 6.45) is -2.44. The lowest BCUT2D eigenvalue weighted by molar-refractivity contribution is -0.213. The summed E-state index contributed by atoms with van der Waals surface area (Å²) in [5.74, 6) is -0.736. The summed E-state index contributed by atoms with van der Waals surface area (Å²) in [6, 6.07) is 0. The van der Waals surface area contributed by atoms with Crippen LogP contribution in [0.3, 0.4) is 0 Å². The van der Waals surface area contributed by atoms with Gasteiger partial charge in [0, 0.05) is 4.91 Å². The van der Waals surface area contributed by atoms with E-state index in [2.05, 4.69) is 10.0 Å². The van der Waals surface area contributed by atoms with Crippen LogP contribution in [0.1, 0.15) is 13.8 Å². The fourth-order valence-electron chi connectivity index (χ4n) is 1.83. The van der Waals surface area contributed by atoms with Crippen molar-refractivity contribution in [2.45, 2.75) is 44.2 Å². The molecule has 0 amide bonds. The molecule has 0 bridgehead atoms. The van der Waals surface area contributed by atoms with Crippen LogP contribution in [0.25, 0.3) is 10.4 Å². The largest absolute Gasteiger partial charge is 0.387 e. The zero-order valence-corrected chi connectivity index (χ0v) is 8.53. The van der Waals surface area contributed by atoms with Crippen LogP contribution in [0, 0.1) is 0 Å². The topological polar surface area (TPSA) is 96.7 Å². The van der Waals surface area contributed by atoms with Gasteiger partial charge in [0.2, 0.25) is 0 Å². The fraction of sp³-hybridized carbons (Fsp3) is 1.00. The van der Waals surface area contributed by atoms with E-state index < -0.39 is 30.4 Å². The number of hydrogen-bond acceptors (Lipinski definition) is 5. The smallest absolute Gasteiger partial charge is 0.190 e. The summed E-state index contributed by atoms with van der Waals surface area (Å²) in [5, 5.41) is 13.2. The number of azide groups is 1. The van der Waals surface area contributed by atoms with Crippen LogP contribution in [-0.2, 0) is 14.2 Å². The van der Waals surface area contributed by atoms with Gasteiger partial charge in [-0.15, -0.1) is 0 Å². The highest BCUT2D eigenvalue weighted by Gasteiger charge is 2.53. The first-order chi connectivity index (χ1) is 7.03. The number of aliphatic hydroxyl groups excluding tert-OH is 1. The maximum absolute atomic E-state index is 9.80. The Bertz CT molecular complexity index is 302. The number of hydrogen-bond donors (Lipinski definition) is 1. The molecule has 84 valence electrons. The minimum absolute atomic E-state index is 0.0812. The molecule has 0 aromatic rings. The van der Waals surface area contributed by atoms with Gasteiger partial charge in [-0.05, 0) is 19.4 Å². The second-order valence-corrected chi connectivity index (χ2v) is 4.05. The predicted molar refractivity (Wildman–Crippen MR) is 48.7 cm³/mol. The number of ether oxygens (including phenoxy) is 3. The van der Waals surface area contributed by atoms with Crippen molar-refractivity contribution in [2.75, 3.05) is 6.54 Å². The van der Waals surface area contributed by atoms with Gasteiger partial charge in [0.15, 0.2) is 12.1 Å². The molecule has 1 N–H and O–H groups in total. The van der Waals surface area contributed by atoms with Crippen molar-refractivity contribution in [3.63, 3.8) is 0 Å². The first-order valence-electron chi connectivity index (χ1n) is 4.73. The first kappa shape index (κ1) is 10.7. The Labute approximate surface area is 86.6 Å². The molecule has 2 fully saturated rings. The van der Waals surface area contributed by atoms with E-state index >= 15 is 0 Å². The van der Waals surface area contributed by atoms with E-state index in [1.807, 2.05) is 0 Å². The molecule has 15 heavy (non-hydrogen) atoms. The van der Waals surface area contributed by atoms with E-state index in [1.54, 1.807) is 13.8 Å². The van der Waals surface area contributed by atoms with Crippen LogP contribution >= 0.6 is 0 Å². The summed E-state index contributed by atoms with van der Waals surface area (Å²) in [7, 11) is 0. The highest BCUT2D eigenvalue weighted by atomic mass is 16.8. The average Bonchev–Trinajstić information content (AvgIpc) is 2.58. The minimum Gasteiger partial charge on any atom is -0.387 e. The SMILES string of the molecule is CC1(C)O[C@H]2O[C@H](CN=[N+]=[N-])[C@@H](O)[C@H]2O1. The molecule has 0 spiro atoms. The van der Waals surface area contributed by atoms with Gasteiger partial charge in [0.05, 0.1) is 12.6 Å². The molecule has 2 saturated heterocycles. The molecular weight excluding hydrogens is 202 g/mol. The van der Waals surface area contributed by atoms with Crippen molar-refractivity contribution in [1.82, 2.24) is 0 Å². The van der Waals surface area contributed by atoms with E-state index in [1.165, 1.54) is 0 Å². The summed E-state index contributed by atoms with van der Waals surface area (Å²) < 4.78 is 16.3. The van der Waals surface area contributed by atoms with Gasteiger partial charge in [-0.25, -0.2) is 0 Å². The molecule has 2 aliphatic heterocycles. The molecule has 2 heterocycles. The van der Waals surface area contributed by atoms with E-state index in [0.717, 1.165) is 0 Å². The molecule has 2 aliphatic rings. The first-order valence-corrected chi connectivity index (χ1v) is 4.73. The highest BCUT2D eigenvalue weighted by Crippen LogP contribution is 2.37. The van der Waals surface area contributed by atoms with Crippen LogP contribution in [0.5, 0.6) is 0 Å². The minimum atomic E-state index is -0.817. The van der Waals surface area contributed by atoms with Gasteiger partial charge in [0.25, 0.3) is 0 Å². The molecule has 0 unspecified atom stereocenters. The lowest BCUT2D eigenvalue weighted by Gasteiger charge is -2.21. The lowest BCUT2D eigenvalue weighted by Crippen LogP contribution is -2.35. The Morgan fingerprint density at radius 2 is 2.20 bits per heavy atom. The maximum atomic E-state index is 9.80. The molecule has 7 heteroatoms. The third kappa shape index (κ3) is 1.92. The van der Waals surface area contributed by atoms with Gasteiger partial charge in [0.1, 0.15) is 12.2 Å². The molecule has 4 atom stereocenters. The molecule has 0 aromatic heterocycles. The van der Waals surface area contributed by atoms with Crippen molar-refractivity contribution in [3.05, 3.63) is 10.4 Å². The second-order valence-electron chi connectivity index (χ2n) is 4.05. The quantitative estimate of drug-likeness (QED) is 0.413. The van der Waals surface area contributed by atoms with Crippen molar-refractivity contribution < 1.29 is 19.3 Å². The third-order valence-electron chi connectivity index (χ3n) is 2.44. The van der Waals surface area contributed by atoms with Gasteiger partial charge < -0.3 is 19.3 Å². The Hall–Kier alpha value is -0.850. The van der Waals surface area contributed by atoms with Crippen molar-refractivity contribution in [2.24, 2.45) is 5.11 Å². The Balaban J connectivity index is 2.01. The van der Waals surface area contributed by atoms with Crippen LogP contribution < -0.4 is 0 Å². The number of nitrogens with zero attached hydrogens (tertiary/aromatic N) is 3. The van der Waals surface area contributed by atoms with Crippen molar-refractivity contribution in [1.29, 1.82) is 0 Å². The number of aliphatic hydroxyl groups is 1. The Morgan fingerprint density at radius 3 is 2.80 bits per heavy atom. The predicted octanol–water partition coefficient (Wildman–Crippen LogP) is 0.534. The van der Waals surface area contributed by atoms with Crippen LogP contribution in [0.2, 0.25) is 0 Å². The average molecular weight is 215 g/mol. The highest BCUT2D eigenvalue weighted by molar-refractivity contribution is 4.93. The van der Waals surface area contributed by atoms with Crippen molar-refractivity contribution >= 4 is 0 Å².